The molecular weight excluding hydrogens is 218 g/mol. The maximum absolute atomic E-state index is 11.4. The van der Waals surface area contributed by atoms with E-state index in [0.29, 0.717) is 19.0 Å². The second-order valence-electron chi connectivity index (χ2n) is 3.95. The molecule has 2 N–H and O–H groups in total. The molecular formula is C12H15N3O2. The topological polar surface area (TPSA) is 67.9 Å². The van der Waals surface area contributed by atoms with Crippen molar-refractivity contribution in [3.05, 3.63) is 29.8 Å². The highest BCUT2D eigenvalue weighted by Crippen LogP contribution is 2.12. The van der Waals surface area contributed by atoms with Gasteiger partial charge in [0.2, 0.25) is 5.91 Å². The molecule has 1 aromatic carbocycles. The first-order valence-electron chi connectivity index (χ1n) is 5.48. The Morgan fingerprint density at radius 3 is 3.00 bits per heavy atom. The van der Waals surface area contributed by atoms with Crippen LogP contribution in [0, 0.1) is 6.92 Å². The third kappa shape index (κ3) is 2.96. The zero-order valence-corrected chi connectivity index (χ0v) is 9.72. The number of carbonyl (C=O) groups excluding carboxylic acids is 1. The fraction of sp³-hybridized carbons (Fsp3) is 0.333. The van der Waals surface area contributed by atoms with Gasteiger partial charge in [-0.2, -0.15) is 5.10 Å². The molecule has 1 amide bonds. The Balaban J connectivity index is 1.82. The number of ether oxygens (including phenoxy) is 1. The first-order chi connectivity index (χ1) is 8.15. The third-order valence-corrected chi connectivity index (χ3v) is 2.43. The lowest BCUT2D eigenvalue weighted by atomic mass is 10.2. The Morgan fingerprint density at radius 2 is 2.35 bits per heavy atom. The van der Waals surface area contributed by atoms with E-state index in [9.17, 15) is 4.79 Å². The smallest absolute Gasteiger partial charge is 0.250 e. The van der Waals surface area contributed by atoms with Crippen molar-refractivity contribution in [2.45, 2.75) is 13.3 Å². The van der Waals surface area contributed by atoms with E-state index in [0.717, 1.165) is 11.3 Å². The first kappa shape index (κ1) is 11.4. The third-order valence-electron chi connectivity index (χ3n) is 2.43. The Hall–Kier alpha value is -2.04. The zero-order valence-electron chi connectivity index (χ0n) is 9.72. The van der Waals surface area contributed by atoms with Crippen LogP contribution in [0.3, 0.4) is 0 Å². The molecule has 1 aliphatic rings. The van der Waals surface area contributed by atoms with E-state index in [4.69, 9.17) is 10.5 Å². The number of amidine groups is 1. The fourth-order valence-electron chi connectivity index (χ4n) is 1.62. The molecule has 0 bridgehead atoms. The molecule has 1 aliphatic heterocycles. The second kappa shape index (κ2) is 4.86. The minimum atomic E-state index is -0.0738. The van der Waals surface area contributed by atoms with Crippen LogP contribution in [0.1, 0.15) is 12.0 Å². The molecule has 0 radical (unpaired) electrons. The highest BCUT2D eigenvalue weighted by atomic mass is 16.5. The largest absolute Gasteiger partial charge is 0.492 e. The van der Waals surface area contributed by atoms with Crippen LogP contribution < -0.4 is 10.5 Å². The lowest BCUT2D eigenvalue weighted by molar-refractivity contribution is -0.129. The molecule has 1 aromatic rings. The zero-order chi connectivity index (χ0) is 12.3. The van der Waals surface area contributed by atoms with Crippen LogP contribution in [0.2, 0.25) is 0 Å². The number of amides is 1. The van der Waals surface area contributed by atoms with Crippen molar-refractivity contribution in [2.75, 3.05) is 13.2 Å². The van der Waals surface area contributed by atoms with Crippen LogP contribution in [-0.2, 0) is 4.79 Å². The summed E-state index contributed by atoms with van der Waals surface area (Å²) in [5.74, 6) is 1.09. The van der Waals surface area contributed by atoms with E-state index >= 15 is 0 Å². The molecule has 0 unspecified atom stereocenters. The Bertz CT molecular complexity index is 457. The number of benzene rings is 1. The van der Waals surface area contributed by atoms with Gasteiger partial charge in [-0.3, -0.25) is 4.79 Å². The number of hydrogen-bond donors (Lipinski definition) is 1. The molecule has 0 saturated heterocycles. The standard InChI is InChI=1S/C12H15N3O2/c1-9-3-2-4-10(7-9)17-6-5-15-12(16)8-11(13)14-15/h2-4,7H,5-6,8H2,1H3,(H2,13,14). The van der Waals surface area contributed by atoms with Crippen molar-refractivity contribution < 1.29 is 9.53 Å². The van der Waals surface area contributed by atoms with Gasteiger partial charge in [-0.05, 0) is 24.6 Å². The second-order valence-corrected chi connectivity index (χ2v) is 3.95. The number of hydrogen-bond acceptors (Lipinski definition) is 4. The van der Waals surface area contributed by atoms with Gasteiger partial charge in [0, 0.05) is 0 Å². The Morgan fingerprint density at radius 1 is 1.53 bits per heavy atom. The molecule has 2 rings (SSSR count). The number of carbonyl (C=O) groups is 1. The predicted octanol–water partition coefficient (Wildman–Crippen LogP) is 0.878. The van der Waals surface area contributed by atoms with Crippen LogP contribution >= 0.6 is 0 Å². The highest BCUT2D eigenvalue weighted by Gasteiger charge is 2.21. The van der Waals surface area contributed by atoms with E-state index < -0.39 is 0 Å². The van der Waals surface area contributed by atoms with Gasteiger partial charge in [-0.25, -0.2) is 5.01 Å². The van der Waals surface area contributed by atoms with Gasteiger partial charge in [0.05, 0.1) is 13.0 Å². The molecule has 0 aromatic heterocycles. The molecule has 0 fully saturated rings. The van der Waals surface area contributed by atoms with Gasteiger partial charge in [0.15, 0.2) is 0 Å². The van der Waals surface area contributed by atoms with E-state index in [-0.39, 0.29) is 12.3 Å². The van der Waals surface area contributed by atoms with Gasteiger partial charge in [-0.1, -0.05) is 12.1 Å². The molecule has 0 spiro atoms. The summed E-state index contributed by atoms with van der Waals surface area (Å²) in [6, 6.07) is 7.77. The monoisotopic (exact) mass is 233 g/mol. The highest BCUT2D eigenvalue weighted by molar-refractivity contribution is 6.02. The quantitative estimate of drug-likeness (QED) is 0.839. The fourth-order valence-corrected chi connectivity index (χ4v) is 1.62. The van der Waals surface area contributed by atoms with E-state index in [2.05, 4.69) is 5.10 Å². The maximum atomic E-state index is 11.4. The summed E-state index contributed by atoms with van der Waals surface area (Å²) in [4.78, 5) is 11.4. The summed E-state index contributed by atoms with van der Waals surface area (Å²) in [6.45, 7) is 2.83. The summed E-state index contributed by atoms with van der Waals surface area (Å²) in [5, 5.41) is 5.27. The number of nitrogens with two attached hydrogens (primary N) is 1. The first-order valence-corrected chi connectivity index (χ1v) is 5.48. The summed E-state index contributed by atoms with van der Waals surface area (Å²) in [5.41, 5.74) is 6.61. The van der Waals surface area contributed by atoms with Crippen LogP contribution in [0.15, 0.2) is 29.4 Å². The number of hydrazone groups is 1. The number of rotatable bonds is 4. The van der Waals surface area contributed by atoms with Crippen LogP contribution in [-0.4, -0.2) is 29.9 Å². The van der Waals surface area contributed by atoms with Gasteiger partial charge >= 0.3 is 0 Å². The normalized spacial score (nSPS) is 15.0. The van der Waals surface area contributed by atoms with Crippen LogP contribution in [0.5, 0.6) is 5.75 Å². The van der Waals surface area contributed by atoms with E-state index in [1.807, 2.05) is 31.2 Å². The summed E-state index contributed by atoms with van der Waals surface area (Å²) in [7, 11) is 0. The Kier molecular flexibility index (Phi) is 3.27. The van der Waals surface area contributed by atoms with E-state index in [1.54, 1.807) is 0 Å². The van der Waals surface area contributed by atoms with Gasteiger partial charge in [-0.15, -0.1) is 0 Å². The van der Waals surface area contributed by atoms with Crippen molar-refractivity contribution in [1.82, 2.24) is 5.01 Å². The summed E-state index contributed by atoms with van der Waals surface area (Å²) in [6.07, 6.45) is 0.213. The van der Waals surface area contributed by atoms with Crippen molar-refractivity contribution >= 4 is 11.7 Å². The predicted molar refractivity (Wildman–Crippen MR) is 64.6 cm³/mol. The van der Waals surface area contributed by atoms with Crippen LogP contribution in [0.25, 0.3) is 0 Å². The minimum absolute atomic E-state index is 0.0738. The molecule has 1 heterocycles. The minimum Gasteiger partial charge on any atom is -0.492 e. The number of nitrogens with zero attached hydrogens (tertiary/aromatic N) is 2. The molecule has 0 atom stereocenters. The average molecular weight is 233 g/mol. The summed E-state index contributed by atoms with van der Waals surface area (Å²) >= 11 is 0. The molecule has 17 heavy (non-hydrogen) atoms. The van der Waals surface area contributed by atoms with Crippen molar-refractivity contribution in [3.8, 4) is 5.75 Å². The van der Waals surface area contributed by atoms with Crippen molar-refractivity contribution in [2.24, 2.45) is 10.8 Å². The van der Waals surface area contributed by atoms with Crippen LogP contribution in [0.4, 0.5) is 0 Å². The van der Waals surface area contributed by atoms with Gasteiger partial charge in [0.1, 0.15) is 18.2 Å². The molecule has 90 valence electrons. The van der Waals surface area contributed by atoms with Crippen molar-refractivity contribution in [1.29, 1.82) is 0 Å². The average Bonchev–Trinajstić information content (AvgIpc) is 2.58. The summed E-state index contributed by atoms with van der Waals surface area (Å²) < 4.78 is 5.53. The molecule has 0 aliphatic carbocycles. The molecule has 0 saturated carbocycles. The van der Waals surface area contributed by atoms with Gasteiger partial charge < -0.3 is 10.5 Å². The molecule has 5 nitrogen and oxygen atoms in total. The Labute approximate surface area is 99.9 Å². The molecule has 5 heteroatoms. The maximum Gasteiger partial charge on any atom is 0.250 e. The van der Waals surface area contributed by atoms with Crippen molar-refractivity contribution in [3.63, 3.8) is 0 Å². The lowest BCUT2D eigenvalue weighted by Gasteiger charge is -2.12. The lowest BCUT2D eigenvalue weighted by Crippen LogP contribution is -2.26. The van der Waals surface area contributed by atoms with Gasteiger partial charge in [0.25, 0.3) is 0 Å². The number of aryl methyl sites for hydroxylation is 1. The SMILES string of the molecule is Cc1cccc(OCCN2N=C(N)CC2=O)c1. The van der Waals surface area contributed by atoms with E-state index in [1.165, 1.54) is 5.01 Å².